The molecule has 0 radical (unpaired) electrons. The van der Waals surface area contributed by atoms with Gasteiger partial charge in [-0.2, -0.15) is 0 Å². The van der Waals surface area contributed by atoms with E-state index in [4.69, 9.17) is 5.73 Å². The molecule has 4 N–H and O–H groups in total. The first-order chi connectivity index (χ1) is 11.4. The Morgan fingerprint density at radius 1 is 1.29 bits per heavy atom. The number of nitrogen functional groups attached to an aromatic ring is 1. The van der Waals surface area contributed by atoms with Crippen molar-refractivity contribution in [2.75, 3.05) is 11.1 Å². The van der Waals surface area contributed by atoms with E-state index in [1.54, 1.807) is 18.6 Å². The average molecular weight is 324 g/mol. The number of H-pyrrole nitrogens is 1. The van der Waals surface area contributed by atoms with E-state index >= 15 is 0 Å². The Bertz CT molecular complexity index is 930. The van der Waals surface area contributed by atoms with Crippen LogP contribution in [0, 0.1) is 0 Å². The van der Waals surface area contributed by atoms with Crippen LogP contribution in [0.3, 0.4) is 0 Å². The molecule has 0 unspecified atom stereocenters. The molecule has 3 heterocycles. The highest BCUT2D eigenvalue weighted by Crippen LogP contribution is 2.27. The van der Waals surface area contributed by atoms with E-state index in [1.807, 2.05) is 12.1 Å². The maximum Gasteiger partial charge on any atom is 0.259 e. The van der Waals surface area contributed by atoms with Gasteiger partial charge in [-0.15, -0.1) is 0 Å². The second-order valence-corrected chi connectivity index (χ2v) is 6.32. The molecule has 124 valence electrons. The van der Waals surface area contributed by atoms with E-state index in [0.29, 0.717) is 16.9 Å². The SMILES string of the molecule is CCC(C)(C)Nc1nc(-c2cnc(N)nc2)cc2cc[nH]c(=O)c12. The highest BCUT2D eigenvalue weighted by molar-refractivity contribution is 5.93. The molecule has 0 aliphatic heterocycles. The normalized spacial score (nSPS) is 11.6. The van der Waals surface area contributed by atoms with Crippen LogP contribution in [0.1, 0.15) is 27.2 Å². The number of aromatic amines is 1. The van der Waals surface area contributed by atoms with Crippen molar-refractivity contribution < 1.29 is 0 Å². The number of fused-ring (bicyclic) bond motifs is 1. The predicted molar refractivity (Wildman–Crippen MR) is 95.8 cm³/mol. The zero-order chi connectivity index (χ0) is 17.3. The summed E-state index contributed by atoms with van der Waals surface area (Å²) in [5.74, 6) is 0.759. The summed E-state index contributed by atoms with van der Waals surface area (Å²) in [5, 5.41) is 4.72. The average Bonchev–Trinajstić information content (AvgIpc) is 2.55. The van der Waals surface area contributed by atoms with Gasteiger partial charge in [0.05, 0.1) is 11.1 Å². The van der Waals surface area contributed by atoms with Crippen LogP contribution in [0.5, 0.6) is 0 Å². The second-order valence-electron chi connectivity index (χ2n) is 6.32. The quantitative estimate of drug-likeness (QED) is 0.680. The molecule has 24 heavy (non-hydrogen) atoms. The molecule has 0 saturated heterocycles. The maximum atomic E-state index is 12.3. The summed E-state index contributed by atoms with van der Waals surface area (Å²) in [5.41, 5.74) is 6.60. The molecule has 0 aliphatic rings. The molecule has 0 spiro atoms. The third-order valence-electron chi connectivity index (χ3n) is 4.06. The van der Waals surface area contributed by atoms with Gasteiger partial charge in [0, 0.05) is 29.7 Å². The highest BCUT2D eigenvalue weighted by Gasteiger charge is 2.19. The van der Waals surface area contributed by atoms with Gasteiger partial charge in [-0.05, 0) is 37.8 Å². The molecule has 3 aromatic rings. The lowest BCUT2D eigenvalue weighted by Crippen LogP contribution is -2.31. The number of nitrogens with zero attached hydrogens (tertiary/aromatic N) is 3. The summed E-state index contributed by atoms with van der Waals surface area (Å²) in [6.07, 6.45) is 5.76. The van der Waals surface area contributed by atoms with E-state index in [2.05, 4.69) is 46.0 Å². The fourth-order valence-electron chi connectivity index (χ4n) is 2.33. The number of nitrogens with one attached hydrogen (secondary N) is 2. The zero-order valence-electron chi connectivity index (χ0n) is 13.9. The topological polar surface area (TPSA) is 110 Å². The van der Waals surface area contributed by atoms with Crippen LogP contribution in [-0.4, -0.2) is 25.5 Å². The maximum absolute atomic E-state index is 12.3. The largest absolute Gasteiger partial charge is 0.368 e. The first-order valence-corrected chi connectivity index (χ1v) is 7.78. The molecule has 0 aliphatic carbocycles. The minimum Gasteiger partial charge on any atom is -0.368 e. The Kier molecular flexibility index (Phi) is 3.92. The Hall–Kier alpha value is -2.96. The number of nitrogens with two attached hydrogens (primary N) is 1. The van der Waals surface area contributed by atoms with E-state index < -0.39 is 0 Å². The van der Waals surface area contributed by atoms with Crippen molar-refractivity contribution in [1.82, 2.24) is 19.9 Å². The first kappa shape index (κ1) is 15.9. The lowest BCUT2D eigenvalue weighted by atomic mass is 10.0. The van der Waals surface area contributed by atoms with Gasteiger partial charge < -0.3 is 16.0 Å². The Labute approximate surface area is 139 Å². The third kappa shape index (κ3) is 3.05. The third-order valence-corrected chi connectivity index (χ3v) is 4.06. The number of hydrogen-bond acceptors (Lipinski definition) is 6. The van der Waals surface area contributed by atoms with Gasteiger partial charge in [0.15, 0.2) is 0 Å². The van der Waals surface area contributed by atoms with Crippen molar-refractivity contribution in [3.63, 3.8) is 0 Å². The number of hydrogen-bond donors (Lipinski definition) is 3. The van der Waals surface area contributed by atoms with E-state index in [0.717, 1.165) is 17.4 Å². The smallest absolute Gasteiger partial charge is 0.259 e. The second kappa shape index (κ2) is 5.92. The molecule has 0 aromatic carbocycles. The van der Waals surface area contributed by atoms with Crippen LogP contribution < -0.4 is 16.6 Å². The van der Waals surface area contributed by atoms with E-state index in [-0.39, 0.29) is 17.0 Å². The Morgan fingerprint density at radius 2 is 2.00 bits per heavy atom. The van der Waals surface area contributed by atoms with Gasteiger partial charge in [-0.25, -0.2) is 15.0 Å². The van der Waals surface area contributed by atoms with Gasteiger partial charge in [-0.1, -0.05) is 6.92 Å². The highest BCUT2D eigenvalue weighted by atomic mass is 16.1. The number of aromatic nitrogens is 4. The summed E-state index contributed by atoms with van der Waals surface area (Å²) >= 11 is 0. The standard InChI is InChI=1S/C17H20N6O/c1-4-17(2,3)23-14-13-10(5-6-19-15(13)24)7-12(22-14)11-8-20-16(18)21-9-11/h5-9H,4H2,1-3H3,(H,19,24)(H,22,23)(H2,18,20,21). The lowest BCUT2D eigenvalue weighted by molar-refractivity contribution is 0.546. The number of pyridine rings is 2. The molecule has 0 atom stereocenters. The fourth-order valence-corrected chi connectivity index (χ4v) is 2.33. The van der Waals surface area contributed by atoms with Gasteiger partial charge in [-0.3, -0.25) is 4.79 Å². The van der Waals surface area contributed by atoms with Crippen LogP contribution >= 0.6 is 0 Å². The Morgan fingerprint density at radius 3 is 2.67 bits per heavy atom. The van der Waals surface area contributed by atoms with Crippen LogP contribution in [0.4, 0.5) is 11.8 Å². The van der Waals surface area contributed by atoms with Crippen molar-refractivity contribution in [1.29, 1.82) is 0 Å². The van der Waals surface area contributed by atoms with E-state index in [9.17, 15) is 4.79 Å². The number of rotatable bonds is 4. The zero-order valence-corrected chi connectivity index (χ0v) is 13.9. The summed E-state index contributed by atoms with van der Waals surface area (Å²) in [6, 6.07) is 3.70. The molecule has 3 rings (SSSR count). The summed E-state index contributed by atoms with van der Waals surface area (Å²) < 4.78 is 0. The monoisotopic (exact) mass is 324 g/mol. The molecular weight excluding hydrogens is 304 g/mol. The van der Waals surface area contributed by atoms with Gasteiger partial charge in [0.25, 0.3) is 5.56 Å². The molecule has 7 heteroatoms. The molecule has 0 bridgehead atoms. The predicted octanol–water partition coefficient (Wildman–Crippen LogP) is 2.56. The number of anilines is 2. The molecule has 3 aromatic heterocycles. The van der Waals surface area contributed by atoms with Crippen molar-refractivity contribution in [2.45, 2.75) is 32.7 Å². The molecule has 0 amide bonds. The lowest BCUT2D eigenvalue weighted by Gasteiger charge is -2.26. The summed E-state index contributed by atoms with van der Waals surface area (Å²) in [7, 11) is 0. The molecule has 0 saturated carbocycles. The van der Waals surface area contributed by atoms with Crippen molar-refractivity contribution in [3.8, 4) is 11.3 Å². The van der Waals surface area contributed by atoms with Crippen molar-refractivity contribution in [2.24, 2.45) is 0 Å². The van der Waals surface area contributed by atoms with Gasteiger partial charge in [0.2, 0.25) is 5.95 Å². The molecule has 7 nitrogen and oxygen atoms in total. The van der Waals surface area contributed by atoms with Gasteiger partial charge in [0.1, 0.15) is 5.82 Å². The Balaban J connectivity index is 2.23. The minimum atomic E-state index is -0.196. The molecular formula is C17H20N6O. The van der Waals surface area contributed by atoms with E-state index in [1.165, 1.54) is 0 Å². The van der Waals surface area contributed by atoms with Crippen molar-refractivity contribution in [3.05, 3.63) is 41.1 Å². The van der Waals surface area contributed by atoms with Crippen LogP contribution in [0.25, 0.3) is 22.0 Å². The molecule has 0 fully saturated rings. The van der Waals surface area contributed by atoms with Gasteiger partial charge >= 0.3 is 0 Å². The van der Waals surface area contributed by atoms with Crippen LogP contribution in [0.15, 0.2) is 35.5 Å². The summed E-state index contributed by atoms with van der Waals surface area (Å²) in [6.45, 7) is 6.21. The fraction of sp³-hybridized carbons (Fsp3) is 0.294. The minimum absolute atomic E-state index is 0.172. The van der Waals surface area contributed by atoms with Crippen molar-refractivity contribution >= 4 is 22.5 Å². The first-order valence-electron chi connectivity index (χ1n) is 7.78. The van der Waals surface area contributed by atoms with Crippen LogP contribution in [0.2, 0.25) is 0 Å². The van der Waals surface area contributed by atoms with Crippen LogP contribution in [-0.2, 0) is 0 Å². The summed E-state index contributed by atoms with van der Waals surface area (Å²) in [4.78, 5) is 27.7.